The number of methoxy groups -OCH3 is 1. The van der Waals surface area contributed by atoms with E-state index in [1.807, 2.05) is 0 Å². The Labute approximate surface area is 191 Å². The monoisotopic (exact) mass is 485 g/mol. The van der Waals surface area contributed by atoms with Crippen LogP contribution in [0.15, 0.2) is 24.5 Å². The normalized spacial score (nSPS) is 15.1. The van der Waals surface area contributed by atoms with Gasteiger partial charge in [-0.05, 0) is 50.3 Å². The van der Waals surface area contributed by atoms with Gasteiger partial charge in [0.2, 0.25) is 0 Å². The molecule has 0 bridgehead atoms. The Morgan fingerprint density at radius 2 is 1.82 bits per heavy atom. The minimum absolute atomic E-state index is 0.0757. The van der Waals surface area contributed by atoms with Gasteiger partial charge in [0.05, 0.1) is 19.3 Å². The second-order valence-electron chi connectivity index (χ2n) is 7.19. The number of pyridine rings is 1. The minimum Gasteiger partial charge on any atom is -0.465 e. The van der Waals surface area contributed by atoms with E-state index in [4.69, 9.17) is 9.47 Å². The van der Waals surface area contributed by atoms with Gasteiger partial charge in [-0.1, -0.05) is 0 Å². The lowest BCUT2D eigenvalue weighted by Gasteiger charge is -2.35. The molecule has 2 aromatic rings. The number of hydrogen-bond acceptors (Lipinski definition) is 8. The number of esters is 2. The molecular formula is C21H22F3N3O5S. The third-order valence-corrected chi connectivity index (χ3v) is 6.32. The molecule has 0 aromatic carbocycles. The van der Waals surface area contributed by atoms with Crippen molar-refractivity contribution in [3.8, 4) is 0 Å². The van der Waals surface area contributed by atoms with Gasteiger partial charge in [-0.3, -0.25) is 9.78 Å². The van der Waals surface area contributed by atoms with Crippen molar-refractivity contribution in [2.24, 2.45) is 0 Å². The number of carbonyl (C=O) groups is 3. The number of fused-ring (bicyclic) bond motifs is 1. The number of thiophene rings is 1. The molecule has 2 heterocycles. The highest BCUT2D eigenvalue weighted by atomic mass is 32.1. The van der Waals surface area contributed by atoms with Gasteiger partial charge in [-0.25, -0.2) is 9.59 Å². The van der Waals surface area contributed by atoms with Gasteiger partial charge >= 0.3 is 23.8 Å². The summed E-state index contributed by atoms with van der Waals surface area (Å²) in [6.45, 7) is 0.974. The third-order valence-electron chi connectivity index (χ3n) is 5.11. The van der Waals surface area contributed by atoms with Crippen LogP contribution in [-0.4, -0.2) is 48.4 Å². The molecule has 2 N–H and O–H groups in total. The summed E-state index contributed by atoms with van der Waals surface area (Å²) in [5.74, 6) is -3.78. The summed E-state index contributed by atoms with van der Waals surface area (Å²) in [5.41, 5.74) is -3.29. The zero-order valence-electron chi connectivity index (χ0n) is 17.9. The summed E-state index contributed by atoms with van der Waals surface area (Å²) in [4.78, 5) is 42.4. The molecule has 1 unspecified atom stereocenters. The van der Waals surface area contributed by atoms with Crippen LogP contribution in [0.25, 0.3) is 0 Å². The second kappa shape index (κ2) is 9.77. The van der Waals surface area contributed by atoms with Crippen molar-refractivity contribution < 1.29 is 37.0 Å². The lowest BCUT2D eigenvalue weighted by Crippen LogP contribution is -2.69. The maximum Gasteiger partial charge on any atom is 0.441 e. The smallest absolute Gasteiger partial charge is 0.441 e. The number of halogens is 3. The number of hydrogen-bond donors (Lipinski definition) is 2. The average Bonchev–Trinajstić information content (AvgIpc) is 3.15. The van der Waals surface area contributed by atoms with Crippen molar-refractivity contribution in [2.75, 3.05) is 19.0 Å². The molecule has 0 aliphatic heterocycles. The maximum atomic E-state index is 14.5. The van der Waals surface area contributed by atoms with E-state index in [2.05, 4.69) is 10.3 Å². The first-order valence-electron chi connectivity index (χ1n) is 10.1. The fourth-order valence-electron chi connectivity index (χ4n) is 3.52. The van der Waals surface area contributed by atoms with E-state index in [0.29, 0.717) is 18.4 Å². The third kappa shape index (κ3) is 4.80. The number of alkyl halides is 3. The van der Waals surface area contributed by atoms with Crippen molar-refractivity contribution in [2.45, 2.75) is 44.4 Å². The van der Waals surface area contributed by atoms with Crippen LogP contribution in [0.4, 0.5) is 18.2 Å². The first-order valence-corrected chi connectivity index (χ1v) is 10.9. The molecular weight excluding hydrogens is 463 g/mol. The van der Waals surface area contributed by atoms with Crippen molar-refractivity contribution in [3.05, 3.63) is 46.1 Å². The Morgan fingerprint density at radius 1 is 1.15 bits per heavy atom. The number of nitrogens with one attached hydrogen (secondary N) is 2. The predicted molar refractivity (Wildman–Crippen MR) is 113 cm³/mol. The Morgan fingerprint density at radius 3 is 2.42 bits per heavy atom. The van der Waals surface area contributed by atoms with Crippen LogP contribution in [0, 0.1) is 0 Å². The van der Waals surface area contributed by atoms with E-state index < -0.39 is 29.7 Å². The summed E-state index contributed by atoms with van der Waals surface area (Å²) < 4.78 is 53.0. The SMILES string of the molecule is CCOC(=O)C(NC(=O)c1ccncc1)(Nc1sc2c(c1C(=O)OC)CCCC2)C(F)(F)F. The quantitative estimate of drug-likeness (QED) is 0.457. The highest BCUT2D eigenvalue weighted by molar-refractivity contribution is 7.16. The molecule has 33 heavy (non-hydrogen) atoms. The first-order chi connectivity index (χ1) is 15.6. The van der Waals surface area contributed by atoms with Crippen LogP contribution in [0.3, 0.4) is 0 Å². The fraction of sp³-hybridized carbons (Fsp3) is 0.429. The Bertz CT molecular complexity index is 1040. The molecule has 178 valence electrons. The number of carbonyl (C=O) groups excluding carboxylic acids is 3. The van der Waals surface area contributed by atoms with Gasteiger partial charge in [-0.2, -0.15) is 13.2 Å². The van der Waals surface area contributed by atoms with E-state index in [9.17, 15) is 27.6 Å². The van der Waals surface area contributed by atoms with Crippen LogP contribution >= 0.6 is 11.3 Å². The lowest BCUT2D eigenvalue weighted by molar-refractivity contribution is -0.204. The summed E-state index contributed by atoms with van der Waals surface area (Å²) in [6.07, 6.45) is -0.245. The van der Waals surface area contributed by atoms with Gasteiger partial charge < -0.3 is 20.1 Å². The summed E-state index contributed by atoms with van der Waals surface area (Å²) >= 11 is 0.926. The van der Waals surface area contributed by atoms with Crippen molar-refractivity contribution in [3.63, 3.8) is 0 Å². The lowest BCUT2D eigenvalue weighted by atomic mass is 9.95. The zero-order valence-corrected chi connectivity index (χ0v) is 18.7. The molecule has 0 saturated carbocycles. The average molecular weight is 485 g/mol. The molecule has 8 nitrogen and oxygen atoms in total. The molecule has 0 saturated heterocycles. The van der Waals surface area contributed by atoms with Crippen LogP contribution in [0.1, 0.15) is 50.9 Å². The van der Waals surface area contributed by atoms with Gasteiger partial charge in [0.15, 0.2) is 0 Å². The van der Waals surface area contributed by atoms with E-state index in [-0.39, 0.29) is 22.7 Å². The predicted octanol–water partition coefficient (Wildman–Crippen LogP) is 3.47. The number of nitrogens with zero attached hydrogens (tertiary/aromatic N) is 1. The molecule has 12 heteroatoms. The number of anilines is 1. The largest absolute Gasteiger partial charge is 0.465 e. The van der Waals surface area contributed by atoms with Crippen LogP contribution in [0.2, 0.25) is 0 Å². The van der Waals surface area contributed by atoms with Crippen molar-refractivity contribution in [1.29, 1.82) is 0 Å². The second-order valence-corrected chi connectivity index (χ2v) is 8.30. The molecule has 1 amide bonds. The summed E-state index contributed by atoms with van der Waals surface area (Å²) in [5, 5.41) is 3.66. The zero-order chi connectivity index (χ0) is 24.2. The van der Waals surface area contributed by atoms with Gasteiger partial charge in [-0.15, -0.1) is 11.3 Å². The minimum atomic E-state index is -5.33. The summed E-state index contributed by atoms with van der Waals surface area (Å²) in [6, 6.07) is 2.40. The molecule has 0 radical (unpaired) electrons. The molecule has 1 aliphatic carbocycles. The van der Waals surface area contributed by atoms with Crippen LogP contribution in [-0.2, 0) is 27.1 Å². The molecule has 1 atom stereocenters. The van der Waals surface area contributed by atoms with Gasteiger partial charge in [0, 0.05) is 22.8 Å². The van der Waals surface area contributed by atoms with Gasteiger partial charge in [0.25, 0.3) is 5.91 Å². The van der Waals surface area contributed by atoms with E-state index in [0.717, 1.165) is 36.2 Å². The van der Waals surface area contributed by atoms with Gasteiger partial charge in [0.1, 0.15) is 5.00 Å². The van der Waals surface area contributed by atoms with E-state index >= 15 is 0 Å². The highest BCUT2D eigenvalue weighted by Gasteiger charge is 2.64. The molecule has 1 aliphatic rings. The summed E-state index contributed by atoms with van der Waals surface area (Å²) in [7, 11) is 1.12. The standard InChI is InChI=1S/C21H22F3N3O5S/c1-3-32-19(30)20(21(22,23)24,26-16(28)12-8-10-25-11-9-12)27-17-15(18(29)31-2)13-6-4-5-7-14(13)33-17/h8-11,27H,3-7H2,1-2H3,(H,26,28). The number of aryl methyl sites for hydroxylation is 1. The van der Waals surface area contributed by atoms with Crippen LogP contribution in [0.5, 0.6) is 0 Å². The van der Waals surface area contributed by atoms with E-state index in [1.165, 1.54) is 31.5 Å². The number of rotatable bonds is 7. The Hall–Kier alpha value is -3.15. The van der Waals surface area contributed by atoms with Crippen LogP contribution < -0.4 is 10.6 Å². The number of aromatic nitrogens is 1. The van der Waals surface area contributed by atoms with Crippen molar-refractivity contribution in [1.82, 2.24) is 10.3 Å². The Kier molecular flexibility index (Phi) is 7.25. The number of ether oxygens (including phenoxy) is 2. The fourth-order valence-corrected chi connectivity index (χ4v) is 4.85. The molecule has 0 fully saturated rings. The number of amides is 1. The Balaban J connectivity index is 2.14. The highest BCUT2D eigenvalue weighted by Crippen LogP contribution is 2.42. The topological polar surface area (TPSA) is 107 Å². The maximum absolute atomic E-state index is 14.5. The van der Waals surface area contributed by atoms with E-state index in [1.54, 1.807) is 5.32 Å². The molecule has 0 spiro atoms. The molecule has 2 aromatic heterocycles. The van der Waals surface area contributed by atoms with Crippen molar-refractivity contribution >= 4 is 34.2 Å². The first kappa shape index (κ1) is 24.5. The molecule has 3 rings (SSSR count).